The molecule has 2 aliphatic rings. The van der Waals surface area contributed by atoms with Gasteiger partial charge in [-0.25, -0.2) is 0 Å². The van der Waals surface area contributed by atoms with Crippen molar-refractivity contribution in [3.8, 4) is 23.0 Å². The van der Waals surface area contributed by atoms with Crippen molar-refractivity contribution in [3.05, 3.63) is 47.0 Å². The molecule has 2 aromatic carbocycles. The Balaban J connectivity index is 1.57. The van der Waals surface area contributed by atoms with Crippen LogP contribution in [0.5, 0.6) is 23.0 Å². The summed E-state index contributed by atoms with van der Waals surface area (Å²) < 4.78 is 22.4. The van der Waals surface area contributed by atoms with Crippen LogP contribution >= 0.6 is 0 Å². The van der Waals surface area contributed by atoms with Crippen molar-refractivity contribution in [3.63, 3.8) is 0 Å². The molecule has 0 bridgehead atoms. The first-order chi connectivity index (χ1) is 17.2. The molecule has 0 aromatic heterocycles. The molecule has 2 heterocycles. The maximum Gasteiger partial charge on any atom is 0.229 e. The highest BCUT2D eigenvalue weighted by Gasteiger charge is 2.45. The van der Waals surface area contributed by atoms with Gasteiger partial charge in [-0.05, 0) is 47.7 Å². The number of phenols is 1. The number of aromatic hydroxyl groups is 1. The summed E-state index contributed by atoms with van der Waals surface area (Å²) in [5.74, 6) is 0.519. The highest BCUT2D eigenvalue weighted by Crippen LogP contribution is 2.37. The van der Waals surface area contributed by atoms with Gasteiger partial charge in [0.15, 0.2) is 17.3 Å². The minimum absolute atomic E-state index is 0.0186. The Morgan fingerprint density at radius 3 is 2.44 bits per heavy atom. The summed E-state index contributed by atoms with van der Waals surface area (Å²) in [7, 11) is 0. The van der Waals surface area contributed by atoms with Gasteiger partial charge in [-0.2, -0.15) is 0 Å². The van der Waals surface area contributed by atoms with Crippen LogP contribution in [0.4, 0.5) is 0 Å². The van der Waals surface area contributed by atoms with Gasteiger partial charge in [0.1, 0.15) is 54.7 Å². The second-order valence-electron chi connectivity index (χ2n) is 9.28. The summed E-state index contributed by atoms with van der Waals surface area (Å²) in [5.41, 5.74) is 1.44. The lowest BCUT2D eigenvalue weighted by Gasteiger charge is -2.39. The van der Waals surface area contributed by atoms with Gasteiger partial charge < -0.3 is 44.5 Å². The first-order valence-corrected chi connectivity index (χ1v) is 12.0. The summed E-state index contributed by atoms with van der Waals surface area (Å²) in [5, 5.41) is 50.8. The van der Waals surface area contributed by atoms with Gasteiger partial charge in [-0.15, -0.1) is 0 Å². The van der Waals surface area contributed by atoms with E-state index in [4.69, 9.17) is 18.9 Å². The fourth-order valence-electron chi connectivity index (χ4n) is 4.24. The average Bonchev–Trinajstić information content (AvgIpc) is 2.87. The molecule has 4 rings (SSSR count). The number of aliphatic hydroxyl groups excluding tert-OH is 4. The standard InChI is InChI=1S/C26H32O10/c1-13(2)15-10-17(29)22(16(28)5-3-14-4-6-18-19(9-14)34-8-7-33-18)20(11-15)35-26-25(32)24(31)23(30)21(12-27)36-26/h4,6,9-11,13,21,23-27,29-32H,3,5,7-8,12H2,1-2H3/t21-,23-,24+,25-,26-/m1/s1. The molecule has 10 heteroatoms. The van der Waals surface area contributed by atoms with Crippen molar-refractivity contribution in [1.82, 2.24) is 0 Å². The third-order valence-electron chi connectivity index (χ3n) is 6.39. The number of Topliss-reactive ketones (excluding diaryl/α,β-unsaturated/α-hetero) is 1. The van der Waals surface area contributed by atoms with Crippen LogP contribution in [0, 0.1) is 0 Å². The molecule has 0 aliphatic carbocycles. The van der Waals surface area contributed by atoms with Crippen LogP contribution in [0.2, 0.25) is 0 Å². The molecule has 10 nitrogen and oxygen atoms in total. The Morgan fingerprint density at radius 1 is 1.03 bits per heavy atom. The molecule has 5 atom stereocenters. The number of benzene rings is 2. The Kier molecular flexibility index (Phi) is 8.01. The maximum atomic E-state index is 13.3. The quantitative estimate of drug-likeness (QED) is 0.332. The monoisotopic (exact) mass is 504 g/mol. The second-order valence-corrected chi connectivity index (χ2v) is 9.28. The predicted molar refractivity (Wildman–Crippen MR) is 127 cm³/mol. The van der Waals surface area contributed by atoms with Gasteiger partial charge in [0.25, 0.3) is 0 Å². The molecule has 5 N–H and O–H groups in total. The van der Waals surface area contributed by atoms with Gasteiger partial charge in [-0.3, -0.25) is 4.79 Å². The minimum atomic E-state index is -1.66. The van der Waals surface area contributed by atoms with Crippen LogP contribution in [-0.2, 0) is 11.2 Å². The molecular weight excluding hydrogens is 472 g/mol. The van der Waals surface area contributed by atoms with E-state index >= 15 is 0 Å². The van der Waals surface area contributed by atoms with Gasteiger partial charge in [0.05, 0.1) is 6.61 Å². The number of hydrogen-bond acceptors (Lipinski definition) is 10. The first kappa shape index (κ1) is 26.2. The maximum absolute atomic E-state index is 13.3. The number of carbonyl (C=O) groups excluding carboxylic acids is 1. The highest BCUT2D eigenvalue weighted by molar-refractivity contribution is 6.01. The fourth-order valence-corrected chi connectivity index (χ4v) is 4.24. The minimum Gasteiger partial charge on any atom is -0.507 e. The molecule has 0 radical (unpaired) electrons. The van der Waals surface area contributed by atoms with Crippen molar-refractivity contribution in [2.24, 2.45) is 0 Å². The number of aryl methyl sites for hydroxylation is 1. The normalized spacial score (nSPS) is 25.6. The van der Waals surface area contributed by atoms with E-state index in [1.807, 2.05) is 26.0 Å². The Hall–Kier alpha value is -2.89. The van der Waals surface area contributed by atoms with Crippen LogP contribution in [-0.4, -0.2) is 81.8 Å². The summed E-state index contributed by atoms with van der Waals surface area (Å²) in [6, 6.07) is 8.50. The molecule has 0 amide bonds. The third kappa shape index (κ3) is 5.42. The van der Waals surface area contributed by atoms with Crippen molar-refractivity contribution in [2.75, 3.05) is 19.8 Å². The lowest BCUT2D eigenvalue weighted by atomic mass is 9.95. The van der Waals surface area contributed by atoms with E-state index in [0.29, 0.717) is 36.7 Å². The van der Waals surface area contributed by atoms with Gasteiger partial charge >= 0.3 is 0 Å². The van der Waals surface area contributed by atoms with Gasteiger partial charge in [-0.1, -0.05) is 19.9 Å². The fraction of sp³-hybridized carbons (Fsp3) is 0.500. The SMILES string of the molecule is CC(C)c1cc(O)c(C(=O)CCc2ccc3c(c2)OCCO3)c(O[C@@H]2O[C@H](CO)[C@@H](O)[C@H](O)[C@H]2O)c1. The largest absolute Gasteiger partial charge is 0.507 e. The molecule has 2 aromatic rings. The third-order valence-corrected chi connectivity index (χ3v) is 6.39. The molecule has 196 valence electrons. The smallest absolute Gasteiger partial charge is 0.229 e. The number of ketones is 1. The molecule has 0 unspecified atom stereocenters. The van der Waals surface area contributed by atoms with E-state index < -0.39 is 43.1 Å². The number of rotatable bonds is 8. The molecule has 1 fully saturated rings. The van der Waals surface area contributed by atoms with E-state index in [1.54, 1.807) is 12.1 Å². The van der Waals surface area contributed by atoms with Crippen molar-refractivity contribution < 1.29 is 49.3 Å². The zero-order chi connectivity index (χ0) is 26.0. The topological polar surface area (TPSA) is 155 Å². The van der Waals surface area contributed by atoms with Gasteiger partial charge in [0.2, 0.25) is 6.29 Å². The number of fused-ring (bicyclic) bond motifs is 1. The number of phenolic OH excluding ortho intramolecular Hbond substituents is 1. The zero-order valence-corrected chi connectivity index (χ0v) is 20.2. The van der Waals surface area contributed by atoms with Crippen LogP contribution < -0.4 is 14.2 Å². The van der Waals surface area contributed by atoms with Crippen LogP contribution in [0.15, 0.2) is 30.3 Å². The molecular formula is C26H32O10. The second kappa shape index (κ2) is 11.0. The number of ether oxygens (including phenoxy) is 4. The molecule has 0 spiro atoms. The van der Waals surface area contributed by atoms with Crippen LogP contribution in [0.3, 0.4) is 0 Å². The van der Waals surface area contributed by atoms with E-state index in [0.717, 1.165) is 5.56 Å². The van der Waals surface area contributed by atoms with Crippen molar-refractivity contribution >= 4 is 5.78 Å². The molecule has 36 heavy (non-hydrogen) atoms. The number of aliphatic hydroxyl groups is 4. The average molecular weight is 505 g/mol. The summed E-state index contributed by atoms with van der Waals surface area (Å²) in [4.78, 5) is 13.3. The highest BCUT2D eigenvalue weighted by atomic mass is 16.7. The molecule has 0 saturated carbocycles. The summed E-state index contributed by atoms with van der Waals surface area (Å²) in [6.45, 7) is 4.10. The van der Waals surface area contributed by atoms with Crippen LogP contribution in [0.25, 0.3) is 0 Å². The van der Waals surface area contributed by atoms with E-state index in [1.165, 1.54) is 6.07 Å². The lowest BCUT2D eigenvalue weighted by molar-refractivity contribution is -0.277. The van der Waals surface area contributed by atoms with E-state index in [2.05, 4.69) is 0 Å². The molecule has 1 saturated heterocycles. The number of carbonyl (C=O) groups is 1. The van der Waals surface area contributed by atoms with E-state index in [-0.39, 0.29) is 29.4 Å². The first-order valence-electron chi connectivity index (χ1n) is 12.0. The van der Waals surface area contributed by atoms with Crippen molar-refractivity contribution in [2.45, 2.75) is 63.3 Å². The lowest BCUT2D eigenvalue weighted by Crippen LogP contribution is -2.60. The Bertz CT molecular complexity index is 1080. The summed E-state index contributed by atoms with van der Waals surface area (Å²) in [6.07, 6.45) is -7.12. The van der Waals surface area contributed by atoms with Crippen LogP contribution in [0.1, 0.15) is 47.7 Å². The Labute approximate surface area is 208 Å². The molecule has 2 aliphatic heterocycles. The van der Waals surface area contributed by atoms with E-state index in [9.17, 15) is 30.3 Å². The number of hydrogen-bond donors (Lipinski definition) is 5. The van der Waals surface area contributed by atoms with Crippen molar-refractivity contribution in [1.29, 1.82) is 0 Å². The predicted octanol–water partition coefficient (Wildman–Crippen LogP) is 1.28. The summed E-state index contributed by atoms with van der Waals surface area (Å²) >= 11 is 0. The Morgan fingerprint density at radius 2 is 1.75 bits per heavy atom. The zero-order valence-electron chi connectivity index (χ0n) is 20.2. The van der Waals surface area contributed by atoms with Gasteiger partial charge in [0, 0.05) is 6.42 Å².